The van der Waals surface area contributed by atoms with Gasteiger partial charge in [0.15, 0.2) is 0 Å². The fraction of sp³-hybridized carbons (Fsp3) is 1.00. The summed E-state index contributed by atoms with van der Waals surface area (Å²) in [6.45, 7) is 4.55. The highest BCUT2D eigenvalue weighted by molar-refractivity contribution is 4.82. The van der Waals surface area contributed by atoms with Crippen LogP contribution in [0, 0.1) is 0 Å². The molecule has 1 aliphatic rings. The Morgan fingerprint density at radius 3 is 2.60 bits per heavy atom. The number of ether oxygens (including phenoxy) is 1. The average molecular weight is 225 g/mol. The Bertz CT molecular complexity index is 203. The van der Waals surface area contributed by atoms with Crippen molar-refractivity contribution >= 4 is 0 Å². The van der Waals surface area contributed by atoms with Crippen LogP contribution in [-0.2, 0) is 4.74 Å². The molecule has 5 heteroatoms. The number of hydrogen-bond acceptors (Lipinski definition) is 2. The summed E-state index contributed by atoms with van der Waals surface area (Å²) in [4.78, 5) is 0. The van der Waals surface area contributed by atoms with Crippen molar-refractivity contribution < 1.29 is 17.9 Å². The van der Waals surface area contributed by atoms with Crippen molar-refractivity contribution in [1.29, 1.82) is 0 Å². The summed E-state index contributed by atoms with van der Waals surface area (Å²) in [5.41, 5.74) is -0.214. The summed E-state index contributed by atoms with van der Waals surface area (Å²) in [6, 6.07) is 0.149. The molecule has 1 saturated heterocycles. The Labute approximate surface area is 88.2 Å². The van der Waals surface area contributed by atoms with Crippen LogP contribution in [0.1, 0.15) is 33.1 Å². The van der Waals surface area contributed by atoms with E-state index in [0.29, 0.717) is 6.61 Å². The van der Waals surface area contributed by atoms with Crippen LogP contribution >= 0.6 is 0 Å². The summed E-state index contributed by atoms with van der Waals surface area (Å²) in [5.74, 6) is 0. The Morgan fingerprint density at radius 1 is 1.40 bits per heavy atom. The van der Waals surface area contributed by atoms with Crippen molar-refractivity contribution in [3.05, 3.63) is 0 Å². The molecule has 0 bridgehead atoms. The lowest BCUT2D eigenvalue weighted by Gasteiger charge is -2.36. The van der Waals surface area contributed by atoms with Crippen LogP contribution in [0.25, 0.3) is 0 Å². The standard InChI is InChI=1S/C10H18F3NO/c1-9(2)7-8(3-6-15-9)14-5-4-10(11,12)13/h8,14H,3-7H2,1-2H3. The molecule has 0 saturated carbocycles. The number of rotatable bonds is 3. The van der Waals surface area contributed by atoms with E-state index in [4.69, 9.17) is 4.74 Å². The highest BCUT2D eigenvalue weighted by atomic mass is 19.4. The van der Waals surface area contributed by atoms with Gasteiger partial charge in [-0.1, -0.05) is 0 Å². The van der Waals surface area contributed by atoms with Gasteiger partial charge in [0.05, 0.1) is 12.0 Å². The van der Waals surface area contributed by atoms with Crippen LogP contribution in [-0.4, -0.2) is 31.0 Å². The molecule has 0 aromatic carbocycles. The lowest BCUT2D eigenvalue weighted by molar-refractivity contribution is -0.134. The van der Waals surface area contributed by atoms with Crippen LogP contribution in [0.5, 0.6) is 0 Å². The molecule has 15 heavy (non-hydrogen) atoms. The normalized spacial score (nSPS) is 26.6. The molecule has 1 fully saturated rings. The van der Waals surface area contributed by atoms with Crippen molar-refractivity contribution in [1.82, 2.24) is 5.32 Å². The van der Waals surface area contributed by atoms with Gasteiger partial charge in [-0.2, -0.15) is 13.2 Å². The first-order chi connectivity index (χ1) is 6.79. The van der Waals surface area contributed by atoms with Gasteiger partial charge >= 0.3 is 6.18 Å². The monoisotopic (exact) mass is 225 g/mol. The van der Waals surface area contributed by atoms with Gasteiger partial charge in [-0.25, -0.2) is 0 Å². The van der Waals surface area contributed by atoms with E-state index in [2.05, 4.69) is 5.32 Å². The van der Waals surface area contributed by atoms with E-state index >= 15 is 0 Å². The largest absolute Gasteiger partial charge is 0.390 e. The van der Waals surface area contributed by atoms with E-state index in [9.17, 15) is 13.2 Å². The van der Waals surface area contributed by atoms with Crippen molar-refractivity contribution in [2.75, 3.05) is 13.2 Å². The second-order valence-corrected chi connectivity index (χ2v) is 4.62. The van der Waals surface area contributed by atoms with Gasteiger partial charge in [0, 0.05) is 19.2 Å². The lowest BCUT2D eigenvalue weighted by Crippen LogP contribution is -2.44. The van der Waals surface area contributed by atoms with Crippen molar-refractivity contribution in [3.63, 3.8) is 0 Å². The van der Waals surface area contributed by atoms with Gasteiger partial charge in [-0.3, -0.25) is 0 Å². The van der Waals surface area contributed by atoms with E-state index in [1.165, 1.54) is 0 Å². The van der Waals surface area contributed by atoms with Crippen LogP contribution < -0.4 is 5.32 Å². The minimum Gasteiger partial charge on any atom is -0.375 e. The molecule has 0 radical (unpaired) electrons. The molecular weight excluding hydrogens is 207 g/mol. The van der Waals surface area contributed by atoms with Gasteiger partial charge < -0.3 is 10.1 Å². The molecule has 0 aliphatic carbocycles. The maximum atomic E-state index is 11.9. The first-order valence-corrected chi connectivity index (χ1v) is 5.23. The third kappa shape index (κ3) is 5.37. The van der Waals surface area contributed by atoms with Crippen molar-refractivity contribution in [3.8, 4) is 0 Å². The molecule has 90 valence electrons. The number of hydrogen-bond donors (Lipinski definition) is 1. The van der Waals surface area contributed by atoms with Crippen LogP contribution in [0.2, 0.25) is 0 Å². The van der Waals surface area contributed by atoms with Gasteiger partial charge in [0.25, 0.3) is 0 Å². The molecular formula is C10H18F3NO. The SMILES string of the molecule is CC1(C)CC(NCCC(F)(F)F)CCO1. The molecule has 2 nitrogen and oxygen atoms in total. The average Bonchev–Trinajstić information content (AvgIpc) is 1.99. The number of nitrogens with one attached hydrogen (secondary N) is 1. The zero-order chi connectivity index (χ0) is 11.5. The minimum atomic E-state index is -4.06. The third-order valence-corrected chi connectivity index (χ3v) is 2.54. The highest BCUT2D eigenvalue weighted by Crippen LogP contribution is 2.24. The second-order valence-electron chi connectivity index (χ2n) is 4.62. The molecule has 0 aromatic heterocycles. The lowest BCUT2D eigenvalue weighted by atomic mass is 9.94. The molecule has 1 heterocycles. The molecule has 0 spiro atoms. The van der Waals surface area contributed by atoms with Gasteiger partial charge in [-0.05, 0) is 26.7 Å². The van der Waals surface area contributed by atoms with E-state index in [1.807, 2.05) is 13.8 Å². The second kappa shape index (κ2) is 4.70. The molecule has 1 atom stereocenters. The summed E-state index contributed by atoms with van der Waals surface area (Å²) in [7, 11) is 0. The molecule has 1 aliphatic heterocycles. The summed E-state index contributed by atoms with van der Waals surface area (Å²) < 4.78 is 41.2. The van der Waals surface area contributed by atoms with E-state index in [1.54, 1.807) is 0 Å². The van der Waals surface area contributed by atoms with Crippen molar-refractivity contribution in [2.24, 2.45) is 0 Å². The van der Waals surface area contributed by atoms with Gasteiger partial charge in [0.2, 0.25) is 0 Å². The predicted molar refractivity (Wildman–Crippen MR) is 51.7 cm³/mol. The third-order valence-electron chi connectivity index (χ3n) is 2.54. The highest BCUT2D eigenvalue weighted by Gasteiger charge is 2.30. The van der Waals surface area contributed by atoms with E-state index < -0.39 is 12.6 Å². The zero-order valence-corrected chi connectivity index (χ0v) is 9.16. The Kier molecular flexibility index (Phi) is 4.00. The Morgan fingerprint density at radius 2 is 2.07 bits per heavy atom. The van der Waals surface area contributed by atoms with Crippen LogP contribution in [0.4, 0.5) is 13.2 Å². The van der Waals surface area contributed by atoms with Crippen LogP contribution in [0.3, 0.4) is 0 Å². The Hall–Kier alpha value is -0.290. The predicted octanol–water partition coefficient (Wildman–Crippen LogP) is 2.49. The van der Waals surface area contributed by atoms with Crippen LogP contribution in [0.15, 0.2) is 0 Å². The smallest absolute Gasteiger partial charge is 0.375 e. The minimum absolute atomic E-state index is 0.00421. The quantitative estimate of drug-likeness (QED) is 0.796. The topological polar surface area (TPSA) is 21.3 Å². The maximum Gasteiger partial charge on any atom is 0.390 e. The van der Waals surface area contributed by atoms with E-state index in [0.717, 1.165) is 12.8 Å². The van der Waals surface area contributed by atoms with Gasteiger partial charge in [-0.15, -0.1) is 0 Å². The fourth-order valence-electron chi connectivity index (χ4n) is 1.82. The van der Waals surface area contributed by atoms with E-state index in [-0.39, 0.29) is 18.2 Å². The molecule has 1 N–H and O–H groups in total. The maximum absolute atomic E-state index is 11.9. The summed E-state index contributed by atoms with van der Waals surface area (Å²) in [6.07, 6.45) is -3.26. The first-order valence-electron chi connectivity index (χ1n) is 5.23. The fourth-order valence-corrected chi connectivity index (χ4v) is 1.82. The summed E-state index contributed by atoms with van der Waals surface area (Å²) in [5, 5.41) is 2.93. The molecule has 1 unspecified atom stereocenters. The van der Waals surface area contributed by atoms with Gasteiger partial charge in [0.1, 0.15) is 0 Å². The molecule has 1 rings (SSSR count). The number of alkyl halides is 3. The zero-order valence-electron chi connectivity index (χ0n) is 9.16. The summed E-state index contributed by atoms with van der Waals surface area (Å²) >= 11 is 0. The Balaban J connectivity index is 2.22. The van der Waals surface area contributed by atoms with Crippen molar-refractivity contribution in [2.45, 2.75) is 50.9 Å². The number of halogens is 3. The first kappa shape index (κ1) is 12.8. The molecule has 0 amide bonds. The molecule has 0 aromatic rings.